The van der Waals surface area contributed by atoms with Crippen LogP contribution < -0.4 is 0 Å². The Kier molecular flexibility index (Phi) is 3.43. The fourth-order valence-electron chi connectivity index (χ4n) is 1.63. The molecule has 0 N–H and O–H groups in total. The van der Waals surface area contributed by atoms with Crippen molar-refractivity contribution in [3.05, 3.63) is 72.8 Å². The van der Waals surface area contributed by atoms with Crippen molar-refractivity contribution in [3.8, 4) is 11.1 Å². The minimum Gasteiger partial charge on any atom is -0.113 e. The average Bonchev–Trinajstić information content (AvgIpc) is 2.39. The van der Waals surface area contributed by atoms with E-state index in [4.69, 9.17) is 11.6 Å². The average molecular weight is 229 g/mol. The van der Waals surface area contributed by atoms with Gasteiger partial charge in [-0.1, -0.05) is 60.7 Å². The summed E-state index contributed by atoms with van der Waals surface area (Å²) in [6, 6.07) is 18.6. The SMILES string of the molecule is C=CC(Cl)c1ccc(-c2ccccc2)cc1. The second-order valence-electron chi connectivity index (χ2n) is 3.63. The second kappa shape index (κ2) is 5.00. The first-order chi connectivity index (χ1) is 7.81. The normalized spacial score (nSPS) is 12.1. The fraction of sp³-hybridized carbons (Fsp3) is 0.0667. The largest absolute Gasteiger partial charge is 0.113 e. The van der Waals surface area contributed by atoms with Gasteiger partial charge in [0.15, 0.2) is 0 Å². The van der Waals surface area contributed by atoms with Crippen LogP contribution in [-0.2, 0) is 0 Å². The van der Waals surface area contributed by atoms with Gasteiger partial charge >= 0.3 is 0 Å². The van der Waals surface area contributed by atoms with E-state index in [0.29, 0.717) is 0 Å². The summed E-state index contributed by atoms with van der Waals surface area (Å²) in [4.78, 5) is 0. The molecule has 0 spiro atoms. The molecule has 0 amide bonds. The highest BCUT2D eigenvalue weighted by molar-refractivity contribution is 6.21. The minimum absolute atomic E-state index is 0.107. The van der Waals surface area contributed by atoms with Gasteiger partial charge in [-0.05, 0) is 16.7 Å². The van der Waals surface area contributed by atoms with Crippen LogP contribution >= 0.6 is 11.6 Å². The zero-order valence-corrected chi connectivity index (χ0v) is 9.69. The van der Waals surface area contributed by atoms with Crippen LogP contribution in [0.5, 0.6) is 0 Å². The summed E-state index contributed by atoms with van der Waals surface area (Å²) in [6.07, 6.45) is 1.74. The predicted octanol–water partition coefficient (Wildman–Crippen LogP) is 4.82. The molecule has 80 valence electrons. The molecule has 1 unspecified atom stereocenters. The molecular weight excluding hydrogens is 216 g/mol. The first-order valence-corrected chi connectivity index (χ1v) is 5.67. The van der Waals surface area contributed by atoms with Crippen molar-refractivity contribution in [2.24, 2.45) is 0 Å². The molecule has 16 heavy (non-hydrogen) atoms. The third-order valence-electron chi connectivity index (χ3n) is 2.54. The molecule has 0 bridgehead atoms. The molecule has 0 aliphatic rings. The maximum atomic E-state index is 6.07. The summed E-state index contributed by atoms with van der Waals surface area (Å²) in [5.74, 6) is 0. The molecule has 0 fully saturated rings. The highest BCUT2D eigenvalue weighted by Gasteiger charge is 2.03. The first kappa shape index (κ1) is 11.0. The van der Waals surface area contributed by atoms with Crippen molar-refractivity contribution in [3.63, 3.8) is 0 Å². The Hall–Kier alpha value is -1.53. The maximum absolute atomic E-state index is 6.07. The van der Waals surface area contributed by atoms with Gasteiger partial charge in [0.25, 0.3) is 0 Å². The molecule has 2 rings (SSSR count). The van der Waals surface area contributed by atoms with Gasteiger partial charge < -0.3 is 0 Å². The van der Waals surface area contributed by atoms with E-state index in [1.54, 1.807) is 6.08 Å². The molecule has 0 aliphatic heterocycles. The van der Waals surface area contributed by atoms with E-state index in [1.165, 1.54) is 11.1 Å². The Morgan fingerprint density at radius 3 is 2.00 bits per heavy atom. The number of allylic oxidation sites excluding steroid dienone is 1. The van der Waals surface area contributed by atoms with Crippen LogP contribution in [0.15, 0.2) is 67.3 Å². The summed E-state index contributed by atoms with van der Waals surface area (Å²) in [6.45, 7) is 3.69. The van der Waals surface area contributed by atoms with Crippen LogP contribution in [0, 0.1) is 0 Å². The van der Waals surface area contributed by atoms with Gasteiger partial charge in [0.05, 0.1) is 5.38 Å². The van der Waals surface area contributed by atoms with Gasteiger partial charge in [-0.25, -0.2) is 0 Å². The topological polar surface area (TPSA) is 0 Å². The molecule has 2 aromatic rings. The van der Waals surface area contributed by atoms with Crippen molar-refractivity contribution in [1.29, 1.82) is 0 Å². The van der Waals surface area contributed by atoms with Crippen LogP contribution in [0.1, 0.15) is 10.9 Å². The molecule has 0 radical (unpaired) electrons. The number of benzene rings is 2. The van der Waals surface area contributed by atoms with Crippen LogP contribution in [0.2, 0.25) is 0 Å². The van der Waals surface area contributed by atoms with Crippen molar-refractivity contribution >= 4 is 11.6 Å². The Bertz CT molecular complexity index is 457. The molecule has 1 heteroatoms. The van der Waals surface area contributed by atoms with Crippen molar-refractivity contribution in [1.82, 2.24) is 0 Å². The highest BCUT2D eigenvalue weighted by Crippen LogP contribution is 2.25. The number of hydrogen-bond acceptors (Lipinski definition) is 0. The highest BCUT2D eigenvalue weighted by atomic mass is 35.5. The van der Waals surface area contributed by atoms with E-state index in [1.807, 2.05) is 30.3 Å². The molecular formula is C15H13Cl. The lowest BCUT2D eigenvalue weighted by Crippen LogP contribution is -1.85. The van der Waals surface area contributed by atoms with Gasteiger partial charge in [-0.15, -0.1) is 18.2 Å². The lowest BCUT2D eigenvalue weighted by molar-refractivity contribution is 1.22. The van der Waals surface area contributed by atoms with E-state index >= 15 is 0 Å². The summed E-state index contributed by atoms with van der Waals surface area (Å²) >= 11 is 6.07. The van der Waals surface area contributed by atoms with Gasteiger partial charge in [0.1, 0.15) is 0 Å². The lowest BCUT2D eigenvalue weighted by Gasteiger charge is -2.06. The van der Waals surface area contributed by atoms with E-state index in [9.17, 15) is 0 Å². The van der Waals surface area contributed by atoms with E-state index in [-0.39, 0.29) is 5.38 Å². The standard InChI is InChI=1S/C15H13Cl/c1-2-15(16)14-10-8-13(9-11-14)12-6-4-3-5-7-12/h2-11,15H,1H2. The molecule has 0 saturated carbocycles. The quantitative estimate of drug-likeness (QED) is 0.522. The van der Waals surface area contributed by atoms with Crippen LogP contribution in [0.3, 0.4) is 0 Å². The third kappa shape index (κ3) is 2.34. The first-order valence-electron chi connectivity index (χ1n) is 5.23. The predicted molar refractivity (Wildman–Crippen MR) is 70.7 cm³/mol. The monoisotopic (exact) mass is 228 g/mol. The van der Waals surface area contributed by atoms with Gasteiger partial charge in [-0.3, -0.25) is 0 Å². The Labute approximate surface area is 101 Å². The van der Waals surface area contributed by atoms with Crippen LogP contribution in [0.25, 0.3) is 11.1 Å². The molecule has 0 nitrogen and oxygen atoms in total. The minimum atomic E-state index is -0.107. The second-order valence-corrected chi connectivity index (χ2v) is 4.10. The van der Waals surface area contributed by atoms with Gasteiger partial charge in [0.2, 0.25) is 0 Å². The molecule has 2 aromatic carbocycles. The van der Waals surface area contributed by atoms with Crippen molar-refractivity contribution < 1.29 is 0 Å². The summed E-state index contributed by atoms with van der Waals surface area (Å²) in [7, 11) is 0. The number of halogens is 1. The van der Waals surface area contributed by atoms with Gasteiger partial charge in [0, 0.05) is 0 Å². The lowest BCUT2D eigenvalue weighted by atomic mass is 10.0. The number of rotatable bonds is 3. The van der Waals surface area contributed by atoms with Crippen molar-refractivity contribution in [2.45, 2.75) is 5.38 Å². The Morgan fingerprint density at radius 1 is 0.875 bits per heavy atom. The number of hydrogen-bond donors (Lipinski definition) is 0. The molecule has 0 aromatic heterocycles. The summed E-state index contributed by atoms with van der Waals surface area (Å²) < 4.78 is 0. The van der Waals surface area contributed by atoms with E-state index < -0.39 is 0 Å². The van der Waals surface area contributed by atoms with E-state index in [0.717, 1.165) is 5.56 Å². The fourth-order valence-corrected chi connectivity index (χ4v) is 1.77. The molecule has 1 atom stereocenters. The third-order valence-corrected chi connectivity index (χ3v) is 2.97. The van der Waals surface area contributed by atoms with Crippen LogP contribution in [0.4, 0.5) is 0 Å². The molecule has 0 saturated heterocycles. The Morgan fingerprint density at radius 2 is 1.44 bits per heavy atom. The zero-order chi connectivity index (χ0) is 11.4. The molecule has 0 heterocycles. The van der Waals surface area contributed by atoms with Crippen molar-refractivity contribution in [2.75, 3.05) is 0 Å². The maximum Gasteiger partial charge on any atom is 0.0763 e. The van der Waals surface area contributed by atoms with Crippen LogP contribution in [-0.4, -0.2) is 0 Å². The smallest absolute Gasteiger partial charge is 0.0763 e. The summed E-state index contributed by atoms with van der Waals surface area (Å²) in [5, 5.41) is -0.107. The Balaban J connectivity index is 2.30. The molecule has 0 aliphatic carbocycles. The zero-order valence-electron chi connectivity index (χ0n) is 8.94. The summed E-state index contributed by atoms with van der Waals surface area (Å²) in [5.41, 5.74) is 3.51. The van der Waals surface area contributed by atoms with Gasteiger partial charge in [-0.2, -0.15) is 0 Å². The van der Waals surface area contributed by atoms with E-state index in [2.05, 4.69) is 30.8 Å². The number of alkyl halides is 1.